The molecule has 1 aromatic carbocycles. The lowest BCUT2D eigenvalue weighted by Gasteiger charge is -2.10. The molecule has 1 atom stereocenters. The second kappa shape index (κ2) is 5.63. The topological polar surface area (TPSA) is 52.5 Å². The Balaban J connectivity index is 2.32. The number of aliphatic hydroxyl groups excluding tert-OH is 1. The van der Waals surface area contributed by atoms with Gasteiger partial charge in [-0.3, -0.25) is 0 Å². The maximum absolute atomic E-state index is 11.9. The fourth-order valence-electron chi connectivity index (χ4n) is 1.12. The van der Waals surface area contributed by atoms with Gasteiger partial charge in [-0.25, -0.2) is 8.78 Å². The Hall–Kier alpha value is -1.20. The summed E-state index contributed by atoms with van der Waals surface area (Å²) in [6.07, 6.45) is -4.39. The molecule has 0 aromatic heterocycles. The number of hydrogen-bond acceptors (Lipinski definition) is 3. The molecule has 0 saturated carbocycles. The smallest absolute Gasteiger partial charge is 0.265 e. The van der Waals surface area contributed by atoms with E-state index >= 15 is 0 Å². The van der Waals surface area contributed by atoms with Crippen molar-refractivity contribution in [3.8, 4) is 5.75 Å². The van der Waals surface area contributed by atoms with Crippen molar-refractivity contribution >= 4 is 0 Å². The average molecular weight is 217 g/mol. The second-order valence-corrected chi connectivity index (χ2v) is 3.20. The van der Waals surface area contributed by atoms with Crippen LogP contribution in [0.3, 0.4) is 0 Å². The molecule has 3 N–H and O–H groups in total. The molecule has 0 fully saturated rings. The molecule has 3 nitrogen and oxygen atoms in total. The molecule has 0 saturated heterocycles. The number of rotatable bonds is 5. The van der Waals surface area contributed by atoms with Crippen LogP contribution >= 0.6 is 0 Å². The summed E-state index contributed by atoms with van der Waals surface area (Å²) in [6.45, 7) is 0.158. The Bertz CT molecular complexity index is 307. The first-order valence-corrected chi connectivity index (χ1v) is 4.54. The van der Waals surface area contributed by atoms with Gasteiger partial charge in [0.2, 0.25) is 0 Å². The van der Waals surface area contributed by atoms with Crippen LogP contribution in [0.25, 0.3) is 0 Å². The lowest BCUT2D eigenvalue weighted by molar-refractivity contribution is -0.00340. The van der Waals surface area contributed by atoms with Gasteiger partial charge in [-0.05, 0) is 17.7 Å². The normalized spacial score (nSPS) is 13.1. The van der Waals surface area contributed by atoms with Gasteiger partial charge in [-0.2, -0.15) is 0 Å². The number of hydrogen-bond donors (Lipinski definition) is 3. The van der Waals surface area contributed by atoms with E-state index in [-0.39, 0.29) is 12.3 Å². The van der Waals surface area contributed by atoms with Crippen LogP contribution in [0.4, 0.5) is 8.78 Å². The molecule has 0 aliphatic rings. The summed E-state index contributed by atoms with van der Waals surface area (Å²) in [6, 6.07) is 6.47. The first-order valence-electron chi connectivity index (χ1n) is 4.54. The van der Waals surface area contributed by atoms with Gasteiger partial charge < -0.3 is 15.5 Å². The van der Waals surface area contributed by atoms with Crippen molar-refractivity contribution < 1.29 is 19.0 Å². The number of halogens is 2. The van der Waals surface area contributed by atoms with Gasteiger partial charge in [-0.15, -0.1) is 0 Å². The first-order chi connectivity index (χ1) is 7.09. The van der Waals surface area contributed by atoms with Crippen LogP contribution in [0.15, 0.2) is 24.3 Å². The highest BCUT2D eigenvalue weighted by Crippen LogP contribution is 2.10. The number of aromatic hydroxyl groups is 1. The zero-order chi connectivity index (χ0) is 11.3. The third-order valence-corrected chi connectivity index (χ3v) is 1.88. The Kier molecular flexibility index (Phi) is 4.45. The lowest BCUT2D eigenvalue weighted by atomic mass is 10.2. The SMILES string of the molecule is Oc1cccc(CNCC(O)C(F)F)c1. The van der Waals surface area contributed by atoms with Crippen molar-refractivity contribution in [2.75, 3.05) is 6.54 Å². The Morgan fingerprint density at radius 1 is 1.33 bits per heavy atom. The second-order valence-electron chi connectivity index (χ2n) is 3.20. The Labute approximate surface area is 86.4 Å². The maximum Gasteiger partial charge on any atom is 0.265 e. The highest BCUT2D eigenvalue weighted by atomic mass is 19.3. The van der Waals surface area contributed by atoms with Gasteiger partial charge >= 0.3 is 0 Å². The summed E-state index contributed by atoms with van der Waals surface area (Å²) in [7, 11) is 0. The van der Waals surface area contributed by atoms with Crippen LogP contribution in [0.5, 0.6) is 5.75 Å². The maximum atomic E-state index is 11.9. The summed E-state index contributed by atoms with van der Waals surface area (Å²) in [5, 5.41) is 20.6. The van der Waals surface area contributed by atoms with Crippen molar-refractivity contribution in [2.45, 2.75) is 19.1 Å². The van der Waals surface area contributed by atoms with Gasteiger partial charge in [0.05, 0.1) is 0 Å². The molecule has 15 heavy (non-hydrogen) atoms. The Morgan fingerprint density at radius 2 is 2.07 bits per heavy atom. The van der Waals surface area contributed by atoms with Crippen molar-refractivity contribution in [3.05, 3.63) is 29.8 Å². The predicted octanol–water partition coefficient (Wildman–Crippen LogP) is 1.11. The van der Waals surface area contributed by atoms with E-state index < -0.39 is 12.5 Å². The van der Waals surface area contributed by atoms with Crippen LogP contribution in [0.2, 0.25) is 0 Å². The molecule has 1 aromatic rings. The summed E-state index contributed by atoms with van der Waals surface area (Å²) in [5.74, 6) is 0.128. The molecule has 1 rings (SSSR count). The van der Waals surface area contributed by atoms with Crippen molar-refractivity contribution in [1.82, 2.24) is 5.32 Å². The van der Waals surface area contributed by atoms with E-state index in [0.717, 1.165) is 5.56 Å². The molecule has 84 valence electrons. The number of alkyl halides is 2. The predicted molar refractivity (Wildman–Crippen MR) is 51.8 cm³/mol. The first kappa shape index (κ1) is 11.9. The van der Waals surface area contributed by atoms with Crippen LogP contribution in [-0.4, -0.2) is 29.3 Å². The summed E-state index contributed by atoms with van der Waals surface area (Å²) >= 11 is 0. The molecule has 0 amide bonds. The molecule has 1 unspecified atom stereocenters. The van der Waals surface area contributed by atoms with E-state index in [4.69, 9.17) is 10.2 Å². The zero-order valence-corrected chi connectivity index (χ0v) is 8.03. The average Bonchev–Trinajstić information content (AvgIpc) is 2.17. The molecule has 5 heteroatoms. The minimum atomic E-state index is -2.73. The quantitative estimate of drug-likeness (QED) is 0.692. The van der Waals surface area contributed by atoms with E-state index in [0.29, 0.717) is 6.54 Å². The largest absolute Gasteiger partial charge is 0.508 e. The molecule has 0 spiro atoms. The molecular weight excluding hydrogens is 204 g/mol. The molecule has 0 aliphatic heterocycles. The fraction of sp³-hybridized carbons (Fsp3) is 0.400. The van der Waals surface area contributed by atoms with Crippen molar-refractivity contribution in [1.29, 1.82) is 0 Å². The number of benzene rings is 1. The fourth-order valence-corrected chi connectivity index (χ4v) is 1.12. The van der Waals surface area contributed by atoms with Crippen molar-refractivity contribution in [3.63, 3.8) is 0 Å². The van der Waals surface area contributed by atoms with Gasteiger partial charge in [0, 0.05) is 13.1 Å². The highest BCUT2D eigenvalue weighted by Gasteiger charge is 2.15. The number of nitrogens with one attached hydrogen (secondary N) is 1. The van der Waals surface area contributed by atoms with Crippen LogP contribution in [0.1, 0.15) is 5.56 Å². The number of aliphatic hydroxyl groups is 1. The highest BCUT2D eigenvalue weighted by molar-refractivity contribution is 5.26. The van der Waals surface area contributed by atoms with E-state index in [9.17, 15) is 8.78 Å². The minimum Gasteiger partial charge on any atom is -0.508 e. The van der Waals surface area contributed by atoms with E-state index in [1.807, 2.05) is 0 Å². The monoisotopic (exact) mass is 217 g/mol. The van der Waals surface area contributed by atoms with E-state index in [1.54, 1.807) is 12.1 Å². The molecule has 0 bridgehead atoms. The molecular formula is C10H13F2NO2. The molecule has 0 radical (unpaired) electrons. The Morgan fingerprint density at radius 3 is 2.67 bits per heavy atom. The third kappa shape index (κ3) is 4.22. The zero-order valence-electron chi connectivity index (χ0n) is 8.03. The standard InChI is InChI=1S/C10H13F2NO2/c11-10(12)9(15)6-13-5-7-2-1-3-8(14)4-7/h1-4,9-10,13-15H,5-6H2. The third-order valence-electron chi connectivity index (χ3n) is 1.88. The molecule has 0 heterocycles. The van der Waals surface area contributed by atoms with Crippen LogP contribution in [0, 0.1) is 0 Å². The van der Waals surface area contributed by atoms with Gasteiger partial charge in [-0.1, -0.05) is 12.1 Å². The van der Waals surface area contributed by atoms with Gasteiger partial charge in [0.1, 0.15) is 11.9 Å². The number of phenolic OH excluding ortho intramolecular Hbond substituents is 1. The lowest BCUT2D eigenvalue weighted by Crippen LogP contribution is -2.31. The summed E-state index contributed by atoms with van der Waals surface area (Å²) < 4.78 is 23.8. The van der Waals surface area contributed by atoms with E-state index in [2.05, 4.69) is 5.32 Å². The molecule has 0 aliphatic carbocycles. The summed E-state index contributed by atoms with van der Waals surface area (Å²) in [4.78, 5) is 0. The van der Waals surface area contributed by atoms with E-state index in [1.165, 1.54) is 12.1 Å². The van der Waals surface area contributed by atoms with Crippen LogP contribution < -0.4 is 5.32 Å². The van der Waals surface area contributed by atoms with Gasteiger partial charge in [0.25, 0.3) is 6.43 Å². The van der Waals surface area contributed by atoms with Crippen molar-refractivity contribution in [2.24, 2.45) is 0 Å². The van der Waals surface area contributed by atoms with Crippen LogP contribution in [-0.2, 0) is 6.54 Å². The minimum absolute atomic E-state index is 0.128. The summed E-state index contributed by atoms with van der Waals surface area (Å²) in [5.41, 5.74) is 0.775. The number of phenols is 1. The van der Waals surface area contributed by atoms with Gasteiger partial charge in [0.15, 0.2) is 0 Å².